The summed E-state index contributed by atoms with van der Waals surface area (Å²) in [5, 5.41) is 0.384. The van der Waals surface area contributed by atoms with Crippen LogP contribution in [0.3, 0.4) is 0 Å². The van der Waals surface area contributed by atoms with E-state index in [4.69, 9.17) is 9.47 Å². The van der Waals surface area contributed by atoms with E-state index < -0.39 is 11.2 Å². The van der Waals surface area contributed by atoms with Crippen LogP contribution >= 0.6 is 0 Å². The lowest BCUT2D eigenvalue weighted by molar-refractivity contribution is 0.414. The summed E-state index contributed by atoms with van der Waals surface area (Å²) in [5.41, 5.74) is -0.0588. The van der Waals surface area contributed by atoms with Gasteiger partial charge in [0.1, 0.15) is 11.5 Å². The fraction of sp³-hybridized carbons (Fsp3) is 0.125. The van der Waals surface area contributed by atoms with Crippen molar-refractivity contribution in [3.63, 3.8) is 0 Å². The minimum absolute atomic E-state index is 0.384. The normalized spacial score (nSPS) is 10.6. The first kappa shape index (κ1) is 13.9. The molecule has 3 rings (SSSR count). The summed E-state index contributed by atoms with van der Waals surface area (Å²) in [7, 11) is 3.04. The summed E-state index contributed by atoms with van der Waals surface area (Å²) in [5.74, 6) is 1.10. The summed E-state index contributed by atoms with van der Waals surface area (Å²) >= 11 is 0. The molecule has 3 aromatic rings. The molecule has 0 unspecified atom stereocenters. The van der Waals surface area contributed by atoms with Gasteiger partial charge in [-0.1, -0.05) is 6.07 Å². The lowest BCUT2D eigenvalue weighted by atomic mass is 10.2. The molecule has 0 spiro atoms. The molecular formula is C16H14N2O4. The molecule has 0 aliphatic heterocycles. The largest absolute Gasteiger partial charge is 0.497 e. The first-order chi connectivity index (χ1) is 10.7. The zero-order valence-corrected chi connectivity index (χ0v) is 12.1. The number of H-pyrrole nitrogens is 1. The van der Waals surface area contributed by atoms with Crippen molar-refractivity contribution < 1.29 is 9.47 Å². The van der Waals surface area contributed by atoms with Crippen LogP contribution in [0.15, 0.2) is 52.1 Å². The number of methoxy groups -OCH3 is 2. The molecule has 6 nitrogen and oxygen atoms in total. The second kappa shape index (κ2) is 5.40. The van der Waals surface area contributed by atoms with E-state index in [1.807, 2.05) is 0 Å². The number of rotatable bonds is 3. The quantitative estimate of drug-likeness (QED) is 0.798. The molecule has 112 valence electrons. The highest BCUT2D eigenvalue weighted by molar-refractivity contribution is 5.83. The van der Waals surface area contributed by atoms with Crippen molar-refractivity contribution in [1.82, 2.24) is 9.55 Å². The van der Waals surface area contributed by atoms with Gasteiger partial charge < -0.3 is 14.5 Å². The molecule has 0 fully saturated rings. The van der Waals surface area contributed by atoms with Crippen molar-refractivity contribution in [2.45, 2.75) is 0 Å². The number of hydrogen-bond acceptors (Lipinski definition) is 4. The Morgan fingerprint density at radius 2 is 1.68 bits per heavy atom. The zero-order chi connectivity index (χ0) is 15.7. The van der Waals surface area contributed by atoms with Gasteiger partial charge >= 0.3 is 5.69 Å². The average Bonchev–Trinajstić information content (AvgIpc) is 2.55. The van der Waals surface area contributed by atoms with Gasteiger partial charge in [-0.25, -0.2) is 9.36 Å². The van der Waals surface area contributed by atoms with Crippen molar-refractivity contribution in [2.75, 3.05) is 14.2 Å². The van der Waals surface area contributed by atoms with Gasteiger partial charge in [-0.3, -0.25) is 4.79 Å². The lowest BCUT2D eigenvalue weighted by Gasteiger charge is -2.09. The molecule has 22 heavy (non-hydrogen) atoms. The summed E-state index contributed by atoms with van der Waals surface area (Å²) in [6.45, 7) is 0. The Kier molecular flexibility index (Phi) is 3.42. The number of fused-ring (bicyclic) bond motifs is 1. The van der Waals surface area contributed by atoms with Gasteiger partial charge in [-0.15, -0.1) is 0 Å². The van der Waals surface area contributed by atoms with E-state index in [1.54, 1.807) is 49.6 Å². The Balaban J connectivity index is 2.31. The Hall–Kier alpha value is -3.02. The summed E-state index contributed by atoms with van der Waals surface area (Å²) in [6, 6.07) is 11.7. The van der Waals surface area contributed by atoms with Gasteiger partial charge in [0.15, 0.2) is 0 Å². The number of benzene rings is 2. The summed E-state index contributed by atoms with van der Waals surface area (Å²) in [4.78, 5) is 27.6. The molecule has 0 aliphatic carbocycles. The maximum Gasteiger partial charge on any atom is 0.333 e. The fourth-order valence-electron chi connectivity index (χ4n) is 2.35. The second-order valence-corrected chi connectivity index (χ2v) is 4.65. The van der Waals surface area contributed by atoms with Gasteiger partial charge in [-0.05, 0) is 36.4 Å². The number of aromatic nitrogens is 2. The number of para-hydroxylation sites is 1. The van der Waals surface area contributed by atoms with Crippen LogP contribution in [0.5, 0.6) is 11.5 Å². The highest BCUT2D eigenvalue weighted by atomic mass is 16.5. The summed E-state index contributed by atoms with van der Waals surface area (Å²) in [6.07, 6.45) is 0. The smallest absolute Gasteiger partial charge is 0.333 e. The maximum absolute atomic E-state index is 12.6. The predicted molar refractivity (Wildman–Crippen MR) is 83.3 cm³/mol. The first-order valence-corrected chi connectivity index (χ1v) is 6.62. The Labute approximate surface area is 125 Å². The monoisotopic (exact) mass is 298 g/mol. The van der Waals surface area contributed by atoms with Crippen molar-refractivity contribution in [2.24, 2.45) is 0 Å². The Bertz CT molecular complexity index is 939. The number of ether oxygens (including phenoxy) is 2. The Morgan fingerprint density at radius 1 is 0.955 bits per heavy atom. The first-order valence-electron chi connectivity index (χ1n) is 6.62. The van der Waals surface area contributed by atoms with E-state index in [9.17, 15) is 9.59 Å². The minimum atomic E-state index is -0.521. The maximum atomic E-state index is 12.6. The minimum Gasteiger partial charge on any atom is -0.497 e. The molecule has 0 atom stereocenters. The molecule has 0 saturated heterocycles. The average molecular weight is 298 g/mol. The molecule has 1 N–H and O–H groups in total. The molecule has 0 bridgehead atoms. The highest BCUT2D eigenvalue weighted by Crippen LogP contribution is 2.20. The van der Waals surface area contributed by atoms with Crippen LogP contribution in [0.1, 0.15) is 0 Å². The number of nitrogens with zero attached hydrogens (tertiary/aromatic N) is 1. The summed E-state index contributed by atoms with van der Waals surface area (Å²) < 4.78 is 11.3. The van der Waals surface area contributed by atoms with E-state index in [0.717, 1.165) is 4.57 Å². The number of hydrogen-bond donors (Lipinski definition) is 1. The van der Waals surface area contributed by atoms with E-state index in [-0.39, 0.29) is 0 Å². The molecule has 0 radical (unpaired) electrons. The SMILES string of the molecule is COc1ccc(-n2c(=O)[nH]c3c(OC)cccc3c2=O)cc1. The van der Waals surface area contributed by atoms with Gasteiger partial charge in [0, 0.05) is 0 Å². The molecular weight excluding hydrogens is 284 g/mol. The Morgan fingerprint density at radius 3 is 2.32 bits per heavy atom. The van der Waals surface area contributed by atoms with Gasteiger partial charge in [0.05, 0.1) is 30.8 Å². The van der Waals surface area contributed by atoms with Crippen molar-refractivity contribution in [3.8, 4) is 17.2 Å². The van der Waals surface area contributed by atoms with Crippen molar-refractivity contribution in [3.05, 3.63) is 63.3 Å². The van der Waals surface area contributed by atoms with Crippen LogP contribution in [0.2, 0.25) is 0 Å². The molecule has 6 heteroatoms. The van der Waals surface area contributed by atoms with Crippen LogP contribution in [0, 0.1) is 0 Å². The van der Waals surface area contributed by atoms with E-state index in [1.165, 1.54) is 7.11 Å². The second-order valence-electron chi connectivity index (χ2n) is 4.65. The highest BCUT2D eigenvalue weighted by Gasteiger charge is 2.12. The third-order valence-electron chi connectivity index (χ3n) is 3.45. The molecule has 0 amide bonds. The van der Waals surface area contributed by atoms with Crippen LogP contribution in [-0.4, -0.2) is 23.8 Å². The molecule has 0 saturated carbocycles. The van der Waals surface area contributed by atoms with Crippen LogP contribution in [0.25, 0.3) is 16.6 Å². The lowest BCUT2D eigenvalue weighted by Crippen LogP contribution is -2.33. The van der Waals surface area contributed by atoms with Gasteiger partial charge in [-0.2, -0.15) is 0 Å². The molecule has 2 aromatic carbocycles. The standard InChI is InChI=1S/C16H14N2O4/c1-21-11-8-6-10(7-9-11)18-15(19)12-4-3-5-13(22-2)14(12)17-16(18)20/h3-9H,1-2H3,(H,17,20). The number of aromatic amines is 1. The third kappa shape index (κ3) is 2.14. The topological polar surface area (TPSA) is 73.3 Å². The van der Waals surface area contributed by atoms with E-state index >= 15 is 0 Å². The molecule has 0 aliphatic rings. The van der Waals surface area contributed by atoms with Crippen molar-refractivity contribution in [1.29, 1.82) is 0 Å². The number of nitrogens with one attached hydrogen (secondary N) is 1. The molecule has 1 heterocycles. The molecule has 1 aromatic heterocycles. The predicted octanol–water partition coefficient (Wildman–Crippen LogP) is 1.70. The fourth-order valence-corrected chi connectivity index (χ4v) is 2.35. The van der Waals surface area contributed by atoms with Crippen LogP contribution < -0.4 is 20.7 Å². The van der Waals surface area contributed by atoms with Gasteiger partial charge in [0.2, 0.25) is 0 Å². The van der Waals surface area contributed by atoms with E-state index in [0.29, 0.717) is 28.1 Å². The van der Waals surface area contributed by atoms with Crippen LogP contribution in [0.4, 0.5) is 0 Å². The van der Waals surface area contributed by atoms with E-state index in [2.05, 4.69) is 4.98 Å². The van der Waals surface area contributed by atoms with Crippen molar-refractivity contribution >= 4 is 10.9 Å². The van der Waals surface area contributed by atoms with Gasteiger partial charge in [0.25, 0.3) is 5.56 Å². The zero-order valence-electron chi connectivity index (χ0n) is 12.1. The third-order valence-corrected chi connectivity index (χ3v) is 3.45. The van der Waals surface area contributed by atoms with Crippen LogP contribution in [-0.2, 0) is 0 Å².